The van der Waals surface area contributed by atoms with Gasteiger partial charge in [0.2, 0.25) is 0 Å². The van der Waals surface area contributed by atoms with Gasteiger partial charge in [-0.1, -0.05) is 18.0 Å². The van der Waals surface area contributed by atoms with Crippen LogP contribution in [0.3, 0.4) is 0 Å². The molecule has 0 spiro atoms. The molecule has 0 atom stereocenters. The van der Waals surface area contributed by atoms with E-state index < -0.39 is 0 Å². The van der Waals surface area contributed by atoms with Crippen LogP contribution in [0, 0.1) is 0 Å². The van der Waals surface area contributed by atoms with E-state index in [0.717, 1.165) is 13.1 Å². The van der Waals surface area contributed by atoms with E-state index in [0.29, 0.717) is 17.0 Å². The molecule has 1 saturated carbocycles. The Morgan fingerprint density at radius 1 is 1.53 bits per heavy atom. The van der Waals surface area contributed by atoms with Crippen LogP contribution in [-0.4, -0.2) is 35.1 Å². The Kier molecular flexibility index (Phi) is 5.25. The molecular weight excluding hydrogens is 210 g/mol. The number of nitrogens with two attached hydrogens (primary N) is 1. The van der Waals surface area contributed by atoms with Crippen molar-refractivity contribution in [2.75, 3.05) is 19.3 Å². The molecule has 5 heteroatoms. The van der Waals surface area contributed by atoms with E-state index in [1.54, 1.807) is 0 Å². The Labute approximate surface area is 95.7 Å². The highest BCUT2D eigenvalue weighted by Gasteiger charge is 2.32. The number of nitrogens with zero attached hydrogens (tertiary/aromatic N) is 1. The average molecular weight is 231 g/mol. The van der Waals surface area contributed by atoms with E-state index in [-0.39, 0.29) is 0 Å². The van der Waals surface area contributed by atoms with Crippen LogP contribution in [0.2, 0.25) is 0 Å². The highest BCUT2D eigenvalue weighted by Crippen LogP contribution is 2.39. The zero-order chi connectivity index (χ0) is 11.1. The number of oxime groups is 1. The number of amidine groups is 1. The fourth-order valence-electron chi connectivity index (χ4n) is 2.06. The van der Waals surface area contributed by atoms with Gasteiger partial charge in [-0.3, -0.25) is 0 Å². The zero-order valence-electron chi connectivity index (χ0n) is 9.33. The zero-order valence-corrected chi connectivity index (χ0v) is 10.1. The number of thioether (sulfide) groups is 1. The molecule has 1 rings (SSSR count). The molecule has 0 bridgehead atoms. The van der Waals surface area contributed by atoms with Gasteiger partial charge in [-0.05, 0) is 19.1 Å². The minimum absolute atomic E-state index is 0.298. The normalized spacial score (nSPS) is 20.7. The largest absolute Gasteiger partial charge is 0.409 e. The molecule has 88 valence electrons. The summed E-state index contributed by atoms with van der Waals surface area (Å²) in [7, 11) is 0. The lowest BCUT2D eigenvalue weighted by Gasteiger charge is -2.27. The van der Waals surface area contributed by atoms with Gasteiger partial charge in [0.1, 0.15) is 5.84 Å². The molecule has 0 saturated heterocycles. The molecule has 0 amide bonds. The third-order valence-electron chi connectivity index (χ3n) is 3.08. The Morgan fingerprint density at radius 3 is 2.73 bits per heavy atom. The molecule has 4 nitrogen and oxygen atoms in total. The van der Waals surface area contributed by atoms with E-state index in [9.17, 15) is 0 Å². The highest BCUT2D eigenvalue weighted by molar-refractivity contribution is 8.00. The quantitative estimate of drug-likeness (QED) is 0.212. The second-order valence-corrected chi connectivity index (χ2v) is 5.39. The lowest BCUT2D eigenvalue weighted by atomic mass is 10.1. The standard InChI is InChI=1S/C10H21N3OS/c1-15-10(5-2-3-6-10)8-12-7-4-9(11)13-14/h12,14H,2-8H2,1H3,(H2,11,13). The number of rotatable bonds is 6. The molecule has 0 unspecified atom stereocenters. The predicted molar refractivity (Wildman–Crippen MR) is 65.6 cm³/mol. The van der Waals surface area contributed by atoms with Gasteiger partial charge in [0.25, 0.3) is 0 Å². The molecule has 0 aromatic rings. The van der Waals surface area contributed by atoms with Crippen LogP contribution in [-0.2, 0) is 0 Å². The van der Waals surface area contributed by atoms with Gasteiger partial charge in [-0.2, -0.15) is 11.8 Å². The van der Waals surface area contributed by atoms with Crippen molar-refractivity contribution in [1.29, 1.82) is 0 Å². The fourth-order valence-corrected chi connectivity index (χ4v) is 3.00. The lowest BCUT2D eigenvalue weighted by Crippen LogP contribution is -2.36. The average Bonchev–Trinajstić information content (AvgIpc) is 2.73. The lowest BCUT2D eigenvalue weighted by molar-refractivity contribution is 0.316. The van der Waals surface area contributed by atoms with E-state index in [2.05, 4.69) is 16.7 Å². The first kappa shape index (κ1) is 12.6. The minimum atomic E-state index is 0.298. The van der Waals surface area contributed by atoms with Gasteiger partial charge in [-0.15, -0.1) is 0 Å². The smallest absolute Gasteiger partial charge is 0.140 e. The topological polar surface area (TPSA) is 70.6 Å². The summed E-state index contributed by atoms with van der Waals surface area (Å²) in [5.74, 6) is 0.298. The summed E-state index contributed by atoms with van der Waals surface area (Å²) in [6.45, 7) is 1.82. The predicted octanol–water partition coefficient (Wildman–Crippen LogP) is 1.39. The van der Waals surface area contributed by atoms with E-state index in [1.165, 1.54) is 25.7 Å². The summed E-state index contributed by atoms with van der Waals surface area (Å²) < 4.78 is 0.436. The maximum absolute atomic E-state index is 8.37. The SMILES string of the molecule is CSC1(CNCCC(N)=NO)CCCC1. The summed E-state index contributed by atoms with van der Waals surface area (Å²) in [6.07, 6.45) is 8.12. The van der Waals surface area contributed by atoms with Crippen molar-refractivity contribution < 1.29 is 5.21 Å². The van der Waals surface area contributed by atoms with Crippen LogP contribution in [0.4, 0.5) is 0 Å². The summed E-state index contributed by atoms with van der Waals surface area (Å²) in [5, 5.41) is 14.7. The van der Waals surface area contributed by atoms with Gasteiger partial charge in [0.05, 0.1) is 0 Å². The molecule has 0 radical (unpaired) electrons. The molecule has 1 aliphatic carbocycles. The van der Waals surface area contributed by atoms with Crippen molar-refractivity contribution >= 4 is 17.6 Å². The molecule has 4 N–H and O–H groups in total. The van der Waals surface area contributed by atoms with Crippen molar-refractivity contribution in [1.82, 2.24) is 5.32 Å². The van der Waals surface area contributed by atoms with Gasteiger partial charge in [0.15, 0.2) is 0 Å². The van der Waals surface area contributed by atoms with E-state index in [1.807, 2.05) is 11.8 Å². The number of hydrogen-bond acceptors (Lipinski definition) is 4. The molecule has 1 fully saturated rings. The molecule has 0 aromatic heterocycles. The molecule has 0 aromatic carbocycles. The van der Waals surface area contributed by atoms with Gasteiger partial charge < -0.3 is 16.3 Å². The molecule has 1 aliphatic rings. The number of hydrogen-bond donors (Lipinski definition) is 3. The highest BCUT2D eigenvalue weighted by atomic mass is 32.2. The molecule has 0 aliphatic heterocycles. The van der Waals surface area contributed by atoms with Crippen molar-refractivity contribution in [3.63, 3.8) is 0 Å². The molecular formula is C10H21N3OS. The van der Waals surface area contributed by atoms with Crippen LogP contribution >= 0.6 is 11.8 Å². The minimum Gasteiger partial charge on any atom is -0.409 e. The Morgan fingerprint density at radius 2 is 2.20 bits per heavy atom. The van der Waals surface area contributed by atoms with Gasteiger partial charge >= 0.3 is 0 Å². The maximum Gasteiger partial charge on any atom is 0.140 e. The van der Waals surface area contributed by atoms with Crippen molar-refractivity contribution in [3.8, 4) is 0 Å². The second-order valence-electron chi connectivity index (χ2n) is 4.11. The maximum atomic E-state index is 8.37. The van der Waals surface area contributed by atoms with Crippen molar-refractivity contribution in [3.05, 3.63) is 0 Å². The van der Waals surface area contributed by atoms with Gasteiger partial charge in [0, 0.05) is 24.3 Å². The molecule has 0 heterocycles. The Bertz CT molecular complexity index is 215. The Hall–Kier alpha value is -0.420. The van der Waals surface area contributed by atoms with Gasteiger partial charge in [-0.25, -0.2) is 0 Å². The van der Waals surface area contributed by atoms with Crippen LogP contribution < -0.4 is 11.1 Å². The van der Waals surface area contributed by atoms with Crippen LogP contribution in [0.25, 0.3) is 0 Å². The summed E-state index contributed by atoms with van der Waals surface area (Å²) >= 11 is 1.97. The van der Waals surface area contributed by atoms with E-state index >= 15 is 0 Å². The fraction of sp³-hybridized carbons (Fsp3) is 0.900. The molecule has 15 heavy (non-hydrogen) atoms. The van der Waals surface area contributed by atoms with Crippen LogP contribution in [0.1, 0.15) is 32.1 Å². The first-order valence-corrected chi connectivity index (χ1v) is 6.67. The summed E-state index contributed by atoms with van der Waals surface area (Å²) in [5.41, 5.74) is 5.39. The summed E-state index contributed by atoms with van der Waals surface area (Å²) in [6, 6.07) is 0. The summed E-state index contributed by atoms with van der Waals surface area (Å²) in [4.78, 5) is 0. The van der Waals surface area contributed by atoms with E-state index in [4.69, 9.17) is 10.9 Å². The second kappa shape index (κ2) is 6.23. The first-order valence-electron chi connectivity index (χ1n) is 5.45. The van der Waals surface area contributed by atoms with Crippen molar-refractivity contribution in [2.45, 2.75) is 36.9 Å². The Balaban J connectivity index is 2.18. The van der Waals surface area contributed by atoms with Crippen LogP contribution in [0.15, 0.2) is 5.16 Å². The monoisotopic (exact) mass is 231 g/mol. The third kappa shape index (κ3) is 3.91. The van der Waals surface area contributed by atoms with Crippen LogP contribution in [0.5, 0.6) is 0 Å². The third-order valence-corrected chi connectivity index (χ3v) is 4.50. The first-order chi connectivity index (χ1) is 7.22. The number of nitrogens with one attached hydrogen (secondary N) is 1. The van der Waals surface area contributed by atoms with Crippen molar-refractivity contribution in [2.24, 2.45) is 10.9 Å².